The Bertz CT molecular complexity index is 542. The summed E-state index contributed by atoms with van der Waals surface area (Å²) in [6, 6.07) is 5.12. The summed E-state index contributed by atoms with van der Waals surface area (Å²) in [5, 5.41) is 2.78. The maximum atomic E-state index is 11.6. The number of ether oxygens (including phenoxy) is 3. The Morgan fingerprint density at radius 1 is 1.20 bits per heavy atom. The van der Waals surface area contributed by atoms with Crippen LogP contribution >= 0.6 is 15.9 Å². The summed E-state index contributed by atoms with van der Waals surface area (Å²) in [5.74, 6) is -0.767. The van der Waals surface area contributed by atoms with Gasteiger partial charge in [0.1, 0.15) is 11.4 Å². The van der Waals surface area contributed by atoms with Crippen molar-refractivity contribution in [2.75, 3.05) is 26.6 Å². The van der Waals surface area contributed by atoms with E-state index in [1.807, 2.05) is 0 Å². The zero-order valence-electron chi connectivity index (χ0n) is 11.2. The van der Waals surface area contributed by atoms with Crippen molar-refractivity contribution in [2.24, 2.45) is 0 Å². The van der Waals surface area contributed by atoms with Gasteiger partial charge in [0.2, 0.25) is 0 Å². The molecule has 0 atom stereocenters. The number of nitrogens with one attached hydrogen (secondary N) is 1. The normalized spacial score (nSPS) is 10.7. The summed E-state index contributed by atoms with van der Waals surface area (Å²) < 4.78 is 15.0. The number of rotatable bonds is 5. The van der Waals surface area contributed by atoms with Crippen molar-refractivity contribution >= 4 is 33.6 Å². The molecular formula is C13H14BrNO5. The Labute approximate surface area is 124 Å². The molecule has 0 saturated carbocycles. The lowest BCUT2D eigenvalue weighted by Crippen LogP contribution is -2.15. The first kappa shape index (κ1) is 16.0. The van der Waals surface area contributed by atoms with Gasteiger partial charge in [0, 0.05) is 11.8 Å². The molecule has 0 saturated heterocycles. The van der Waals surface area contributed by atoms with Gasteiger partial charge < -0.3 is 19.5 Å². The zero-order chi connectivity index (χ0) is 15.1. The SMILES string of the molecule is COC(=O)/C=C(/Nc1ccc(Br)c(OC)c1)C(=O)OC. The Morgan fingerprint density at radius 2 is 1.90 bits per heavy atom. The molecule has 0 bridgehead atoms. The first-order valence-electron chi connectivity index (χ1n) is 5.50. The zero-order valence-corrected chi connectivity index (χ0v) is 12.8. The molecule has 1 N–H and O–H groups in total. The van der Waals surface area contributed by atoms with Crippen LogP contribution in [0.2, 0.25) is 0 Å². The molecule has 0 amide bonds. The molecule has 6 nitrogen and oxygen atoms in total. The van der Waals surface area contributed by atoms with Gasteiger partial charge in [-0.05, 0) is 28.1 Å². The van der Waals surface area contributed by atoms with Gasteiger partial charge in [-0.2, -0.15) is 0 Å². The van der Waals surface area contributed by atoms with E-state index in [0.29, 0.717) is 11.4 Å². The van der Waals surface area contributed by atoms with Gasteiger partial charge in [0.05, 0.1) is 31.9 Å². The number of anilines is 1. The second-order valence-corrected chi connectivity index (χ2v) is 4.40. The van der Waals surface area contributed by atoms with Crippen molar-refractivity contribution < 1.29 is 23.8 Å². The number of hydrogen-bond acceptors (Lipinski definition) is 6. The minimum Gasteiger partial charge on any atom is -0.495 e. The molecule has 7 heteroatoms. The molecule has 1 aromatic carbocycles. The van der Waals surface area contributed by atoms with E-state index in [-0.39, 0.29) is 5.70 Å². The fourth-order valence-electron chi connectivity index (χ4n) is 1.33. The summed E-state index contributed by atoms with van der Waals surface area (Å²) >= 11 is 3.32. The molecule has 0 aliphatic heterocycles. The molecule has 108 valence electrons. The highest BCUT2D eigenvalue weighted by atomic mass is 79.9. The average Bonchev–Trinajstić information content (AvgIpc) is 2.47. The van der Waals surface area contributed by atoms with Gasteiger partial charge in [0.15, 0.2) is 0 Å². The van der Waals surface area contributed by atoms with Crippen molar-refractivity contribution in [3.05, 3.63) is 34.4 Å². The van der Waals surface area contributed by atoms with E-state index in [9.17, 15) is 9.59 Å². The van der Waals surface area contributed by atoms with Crippen LogP contribution in [0.15, 0.2) is 34.4 Å². The van der Waals surface area contributed by atoms with Gasteiger partial charge in [-0.15, -0.1) is 0 Å². The topological polar surface area (TPSA) is 73.9 Å². The van der Waals surface area contributed by atoms with Crippen LogP contribution in [-0.2, 0) is 19.1 Å². The van der Waals surface area contributed by atoms with Gasteiger partial charge in [-0.1, -0.05) is 0 Å². The predicted octanol–water partition coefficient (Wildman–Crippen LogP) is 2.10. The van der Waals surface area contributed by atoms with E-state index in [4.69, 9.17) is 4.74 Å². The van der Waals surface area contributed by atoms with E-state index in [0.717, 1.165) is 10.5 Å². The maximum absolute atomic E-state index is 11.6. The lowest BCUT2D eigenvalue weighted by atomic mass is 10.2. The van der Waals surface area contributed by atoms with Gasteiger partial charge in [-0.3, -0.25) is 0 Å². The minimum absolute atomic E-state index is 0.0382. The van der Waals surface area contributed by atoms with Crippen LogP contribution in [0.1, 0.15) is 0 Å². The lowest BCUT2D eigenvalue weighted by molar-refractivity contribution is -0.138. The quantitative estimate of drug-likeness (QED) is 0.651. The average molecular weight is 344 g/mol. The number of carbonyl (C=O) groups is 2. The van der Waals surface area contributed by atoms with Crippen LogP contribution in [0.5, 0.6) is 5.75 Å². The number of methoxy groups -OCH3 is 3. The van der Waals surface area contributed by atoms with E-state index < -0.39 is 11.9 Å². The first-order valence-corrected chi connectivity index (χ1v) is 6.29. The molecule has 0 aliphatic rings. The molecule has 0 fully saturated rings. The van der Waals surface area contributed by atoms with Crippen LogP contribution in [0.25, 0.3) is 0 Å². The Morgan fingerprint density at radius 3 is 2.45 bits per heavy atom. The molecule has 0 heterocycles. The van der Waals surface area contributed by atoms with Crippen molar-refractivity contribution in [1.82, 2.24) is 0 Å². The largest absolute Gasteiger partial charge is 0.495 e. The summed E-state index contributed by atoms with van der Waals surface area (Å²) in [6.07, 6.45) is 1.01. The Hall–Kier alpha value is -2.02. The fraction of sp³-hybridized carbons (Fsp3) is 0.231. The van der Waals surface area contributed by atoms with E-state index in [1.165, 1.54) is 21.3 Å². The van der Waals surface area contributed by atoms with Crippen LogP contribution in [0, 0.1) is 0 Å². The molecule has 0 unspecified atom stereocenters. The third-order valence-corrected chi connectivity index (χ3v) is 2.95. The smallest absolute Gasteiger partial charge is 0.354 e. The number of esters is 2. The second-order valence-electron chi connectivity index (χ2n) is 3.55. The number of hydrogen-bond donors (Lipinski definition) is 1. The summed E-state index contributed by atoms with van der Waals surface area (Å²) in [6.45, 7) is 0. The van der Waals surface area contributed by atoms with Crippen molar-refractivity contribution in [1.29, 1.82) is 0 Å². The van der Waals surface area contributed by atoms with Gasteiger partial charge in [-0.25, -0.2) is 9.59 Å². The third kappa shape index (κ3) is 4.27. The molecular weight excluding hydrogens is 330 g/mol. The van der Waals surface area contributed by atoms with Gasteiger partial charge in [0.25, 0.3) is 0 Å². The highest BCUT2D eigenvalue weighted by Crippen LogP contribution is 2.28. The highest BCUT2D eigenvalue weighted by molar-refractivity contribution is 9.10. The van der Waals surface area contributed by atoms with Crippen molar-refractivity contribution in [3.8, 4) is 5.75 Å². The highest BCUT2D eigenvalue weighted by Gasteiger charge is 2.13. The first-order chi connectivity index (χ1) is 9.51. The second kappa shape index (κ2) is 7.54. The van der Waals surface area contributed by atoms with E-state index in [1.54, 1.807) is 18.2 Å². The fourth-order valence-corrected chi connectivity index (χ4v) is 1.73. The Kier molecular flexibility index (Phi) is 6.05. The van der Waals surface area contributed by atoms with Crippen LogP contribution in [0.3, 0.4) is 0 Å². The molecule has 20 heavy (non-hydrogen) atoms. The van der Waals surface area contributed by atoms with Crippen molar-refractivity contribution in [3.63, 3.8) is 0 Å². The summed E-state index contributed by atoms with van der Waals surface area (Å²) in [7, 11) is 3.96. The number of carbonyl (C=O) groups excluding carboxylic acids is 2. The third-order valence-electron chi connectivity index (χ3n) is 2.30. The van der Waals surface area contributed by atoms with Crippen LogP contribution < -0.4 is 10.1 Å². The summed E-state index contributed by atoms with van der Waals surface area (Å²) in [4.78, 5) is 22.8. The number of benzene rings is 1. The van der Waals surface area contributed by atoms with Crippen LogP contribution in [-0.4, -0.2) is 33.3 Å². The lowest BCUT2D eigenvalue weighted by Gasteiger charge is -2.11. The van der Waals surface area contributed by atoms with Gasteiger partial charge >= 0.3 is 11.9 Å². The molecule has 0 spiro atoms. The minimum atomic E-state index is -0.683. The standard InChI is InChI=1S/C13H14BrNO5/c1-18-11-6-8(4-5-9(11)14)15-10(13(17)20-3)7-12(16)19-2/h4-7,15H,1-3H3/b10-7+. The van der Waals surface area contributed by atoms with E-state index >= 15 is 0 Å². The molecule has 0 aliphatic carbocycles. The monoisotopic (exact) mass is 343 g/mol. The number of halogens is 1. The molecule has 1 rings (SSSR count). The molecule has 0 radical (unpaired) electrons. The molecule has 0 aromatic heterocycles. The molecule has 1 aromatic rings. The summed E-state index contributed by atoms with van der Waals surface area (Å²) in [5.41, 5.74) is 0.523. The van der Waals surface area contributed by atoms with E-state index in [2.05, 4.69) is 30.7 Å². The van der Waals surface area contributed by atoms with Crippen molar-refractivity contribution in [2.45, 2.75) is 0 Å². The Balaban J connectivity index is 3.04. The van der Waals surface area contributed by atoms with Crippen LogP contribution in [0.4, 0.5) is 5.69 Å². The predicted molar refractivity (Wildman–Crippen MR) is 76.4 cm³/mol. The maximum Gasteiger partial charge on any atom is 0.354 e.